The number of likely N-dealkylation sites (tertiary alicyclic amines) is 1. The minimum Gasteiger partial charge on any atom is -0.338 e. The lowest BCUT2D eigenvalue weighted by atomic mass is 9.82. The molecule has 5 rings (SSSR count). The SMILES string of the molecule is O=C(c1cn[nH]c1-c1cccc(F)c1)N1C[C@@H]2[C@@H]3CC[C@@H](C3)[C@@H]2C1. The van der Waals surface area contributed by atoms with Crippen molar-refractivity contribution in [2.75, 3.05) is 13.1 Å². The van der Waals surface area contributed by atoms with Gasteiger partial charge in [-0.05, 0) is 55.1 Å². The zero-order valence-corrected chi connectivity index (χ0v) is 13.4. The van der Waals surface area contributed by atoms with E-state index >= 15 is 0 Å². The lowest BCUT2D eigenvalue weighted by Crippen LogP contribution is -2.30. The summed E-state index contributed by atoms with van der Waals surface area (Å²) < 4.78 is 13.5. The van der Waals surface area contributed by atoms with E-state index < -0.39 is 0 Å². The van der Waals surface area contributed by atoms with Gasteiger partial charge < -0.3 is 4.90 Å². The first-order valence-corrected chi connectivity index (χ1v) is 8.79. The van der Waals surface area contributed by atoms with Crippen LogP contribution < -0.4 is 0 Å². The molecule has 24 heavy (non-hydrogen) atoms. The van der Waals surface area contributed by atoms with E-state index in [1.807, 2.05) is 4.90 Å². The highest BCUT2D eigenvalue weighted by molar-refractivity contribution is 5.99. The van der Waals surface area contributed by atoms with Gasteiger partial charge in [0.1, 0.15) is 5.82 Å². The predicted molar refractivity (Wildman–Crippen MR) is 87.7 cm³/mol. The maximum atomic E-state index is 13.5. The van der Waals surface area contributed by atoms with Crippen LogP contribution in [0, 0.1) is 29.5 Å². The Bertz CT molecular complexity index is 783. The van der Waals surface area contributed by atoms with E-state index in [-0.39, 0.29) is 11.7 Å². The molecule has 3 fully saturated rings. The number of benzene rings is 1. The van der Waals surface area contributed by atoms with Gasteiger partial charge >= 0.3 is 0 Å². The topological polar surface area (TPSA) is 49.0 Å². The minimum absolute atomic E-state index is 0.0248. The molecule has 1 N–H and O–H groups in total. The number of amides is 1. The third-order valence-electron chi connectivity index (χ3n) is 6.41. The number of fused-ring (bicyclic) bond motifs is 5. The number of halogens is 1. The molecule has 3 aliphatic rings. The van der Waals surface area contributed by atoms with Crippen molar-refractivity contribution in [1.29, 1.82) is 0 Å². The Balaban J connectivity index is 1.42. The van der Waals surface area contributed by atoms with Gasteiger partial charge in [-0.3, -0.25) is 9.89 Å². The van der Waals surface area contributed by atoms with Gasteiger partial charge in [0.25, 0.3) is 5.91 Å². The standard InChI is InChI=1S/C19H20FN3O/c20-14-3-1-2-13(7-14)18-15(8-21-22-18)19(24)23-9-16-11-4-5-12(6-11)17(16)10-23/h1-3,7-8,11-12,16-17H,4-6,9-10H2,(H,21,22)/t11-,12+,16-,17+. The van der Waals surface area contributed by atoms with Crippen LogP contribution in [-0.2, 0) is 0 Å². The summed E-state index contributed by atoms with van der Waals surface area (Å²) in [6.07, 6.45) is 5.63. The summed E-state index contributed by atoms with van der Waals surface area (Å²) in [5, 5.41) is 6.91. The second kappa shape index (κ2) is 5.16. The summed E-state index contributed by atoms with van der Waals surface area (Å²) in [6, 6.07) is 6.28. The highest BCUT2D eigenvalue weighted by Gasteiger charge is 2.52. The first-order valence-electron chi connectivity index (χ1n) is 8.79. The molecule has 0 spiro atoms. The Labute approximate surface area is 140 Å². The summed E-state index contributed by atoms with van der Waals surface area (Å²) in [5.41, 5.74) is 1.82. The first kappa shape index (κ1) is 14.2. The van der Waals surface area contributed by atoms with Crippen LogP contribution >= 0.6 is 0 Å². The van der Waals surface area contributed by atoms with E-state index in [0.29, 0.717) is 28.7 Å². The number of carbonyl (C=O) groups is 1. The minimum atomic E-state index is -0.312. The van der Waals surface area contributed by atoms with E-state index in [1.54, 1.807) is 18.3 Å². The molecule has 1 saturated heterocycles. The number of hydrogen-bond donors (Lipinski definition) is 1. The predicted octanol–water partition coefficient (Wildman–Crippen LogP) is 3.33. The zero-order valence-electron chi connectivity index (χ0n) is 13.4. The Hall–Kier alpha value is -2.17. The van der Waals surface area contributed by atoms with Gasteiger partial charge in [-0.15, -0.1) is 0 Å². The van der Waals surface area contributed by atoms with Gasteiger partial charge in [0.2, 0.25) is 0 Å². The number of H-pyrrole nitrogens is 1. The molecule has 2 saturated carbocycles. The van der Waals surface area contributed by atoms with Crippen molar-refractivity contribution in [1.82, 2.24) is 15.1 Å². The van der Waals surface area contributed by atoms with Crippen LogP contribution in [0.5, 0.6) is 0 Å². The van der Waals surface area contributed by atoms with E-state index in [4.69, 9.17) is 0 Å². The average Bonchev–Trinajstić information content (AvgIpc) is 3.34. The quantitative estimate of drug-likeness (QED) is 0.921. The first-order chi connectivity index (χ1) is 11.7. The van der Waals surface area contributed by atoms with Crippen LogP contribution in [0.1, 0.15) is 29.6 Å². The maximum Gasteiger partial charge on any atom is 0.257 e. The molecule has 1 aromatic heterocycles. The van der Waals surface area contributed by atoms with Gasteiger partial charge in [0.05, 0.1) is 17.5 Å². The van der Waals surface area contributed by atoms with Crippen LogP contribution in [0.4, 0.5) is 4.39 Å². The molecule has 2 heterocycles. The molecular weight excluding hydrogens is 305 g/mol. The van der Waals surface area contributed by atoms with Crippen LogP contribution in [0.2, 0.25) is 0 Å². The van der Waals surface area contributed by atoms with E-state index in [2.05, 4.69) is 10.2 Å². The Morgan fingerprint density at radius 1 is 1.21 bits per heavy atom. The Morgan fingerprint density at radius 2 is 1.96 bits per heavy atom. The molecule has 1 aliphatic heterocycles. The molecule has 0 unspecified atom stereocenters. The number of hydrogen-bond acceptors (Lipinski definition) is 2. The number of aromatic nitrogens is 2. The Morgan fingerprint density at radius 3 is 2.67 bits per heavy atom. The van der Waals surface area contributed by atoms with Crippen molar-refractivity contribution in [2.45, 2.75) is 19.3 Å². The fourth-order valence-corrected chi connectivity index (χ4v) is 5.33. The third kappa shape index (κ3) is 2.03. The zero-order chi connectivity index (χ0) is 16.3. The molecule has 5 heteroatoms. The summed E-state index contributed by atoms with van der Waals surface area (Å²) in [4.78, 5) is 15.0. The van der Waals surface area contributed by atoms with Gasteiger partial charge in [0.15, 0.2) is 0 Å². The molecule has 2 aliphatic carbocycles. The molecule has 0 radical (unpaired) electrons. The maximum absolute atomic E-state index is 13.5. The number of nitrogens with zero attached hydrogens (tertiary/aromatic N) is 2. The van der Waals surface area contributed by atoms with Crippen LogP contribution in [-0.4, -0.2) is 34.1 Å². The summed E-state index contributed by atoms with van der Waals surface area (Å²) >= 11 is 0. The molecule has 4 atom stereocenters. The van der Waals surface area contributed by atoms with Crippen molar-refractivity contribution in [3.05, 3.63) is 41.8 Å². The van der Waals surface area contributed by atoms with Gasteiger partial charge in [-0.25, -0.2) is 4.39 Å². The second-order valence-electron chi connectivity index (χ2n) is 7.54. The molecule has 4 nitrogen and oxygen atoms in total. The number of aromatic amines is 1. The highest BCUT2D eigenvalue weighted by atomic mass is 19.1. The van der Waals surface area contributed by atoms with Crippen molar-refractivity contribution >= 4 is 5.91 Å². The molecule has 1 amide bonds. The van der Waals surface area contributed by atoms with E-state index in [1.165, 1.54) is 31.4 Å². The van der Waals surface area contributed by atoms with Gasteiger partial charge in [0, 0.05) is 18.7 Å². The number of rotatable bonds is 2. The Kier molecular flexibility index (Phi) is 3.05. The van der Waals surface area contributed by atoms with Crippen molar-refractivity contribution in [2.24, 2.45) is 23.7 Å². The fraction of sp³-hybridized carbons (Fsp3) is 0.474. The monoisotopic (exact) mass is 325 g/mol. The highest BCUT2D eigenvalue weighted by Crippen LogP contribution is 2.55. The molecule has 2 aromatic rings. The van der Waals surface area contributed by atoms with Crippen molar-refractivity contribution in [3.63, 3.8) is 0 Å². The largest absolute Gasteiger partial charge is 0.338 e. The normalized spacial score (nSPS) is 30.8. The smallest absolute Gasteiger partial charge is 0.257 e. The van der Waals surface area contributed by atoms with Crippen molar-refractivity contribution < 1.29 is 9.18 Å². The van der Waals surface area contributed by atoms with Crippen LogP contribution in [0.15, 0.2) is 30.5 Å². The average molecular weight is 325 g/mol. The summed E-state index contributed by atoms with van der Waals surface area (Å²) in [5.74, 6) is 2.74. The molecule has 2 bridgehead atoms. The fourth-order valence-electron chi connectivity index (χ4n) is 5.33. The summed E-state index contributed by atoms with van der Waals surface area (Å²) in [7, 11) is 0. The third-order valence-corrected chi connectivity index (χ3v) is 6.41. The van der Waals surface area contributed by atoms with Crippen molar-refractivity contribution in [3.8, 4) is 11.3 Å². The second-order valence-corrected chi connectivity index (χ2v) is 7.54. The number of nitrogens with one attached hydrogen (secondary N) is 1. The lowest BCUT2D eigenvalue weighted by molar-refractivity contribution is 0.0777. The molecular formula is C19H20FN3O. The molecule has 124 valence electrons. The van der Waals surface area contributed by atoms with Gasteiger partial charge in [-0.1, -0.05) is 12.1 Å². The lowest BCUT2D eigenvalue weighted by Gasteiger charge is -2.22. The van der Waals surface area contributed by atoms with E-state index in [0.717, 1.165) is 24.9 Å². The van der Waals surface area contributed by atoms with E-state index in [9.17, 15) is 9.18 Å². The van der Waals surface area contributed by atoms with Gasteiger partial charge in [-0.2, -0.15) is 5.10 Å². The molecule has 1 aromatic carbocycles. The van der Waals surface area contributed by atoms with Crippen LogP contribution in [0.25, 0.3) is 11.3 Å². The summed E-state index contributed by atoms with van der Waals surface area (Å²) in [6.45, 7) is 1.75. The number of carbonyl (C=O) groups excluding carboxylic acids is 1. The van der Waals surface area contributed by atoms with Crippen LogP contribution in [0.3, 0.4) is 0 Å².